The van der Waals surface area contributed by atoms with Gasteiger partial charge in [0.15, 0.2) is 0 Å². The topological polar surface area (TPSA) is 83.2 Å². The van der Waals surface area contributed by atoms with Gasteiger partial charge in [0.2, 0.25) is 0 Å². The van der Waals surface area contributed by atoms with Crippen molar-refractivity contribution < 1.29 is 18.0 Å². The second-order valence-electron chi connectivity index (χ2n) is 2.00. The number of hydrogen-bond acceptors (Lipinski definition) is 5. The van der Waals surface area contributed by atoms with Crippen molar-refractivity contribution >= 4 is 25.8 Å². The first-order valence-corrected chi connectivity index (χ1v) is 5.93. The predicted octanol–water partition coefficient (Wildman–Crippen LogP) is -2.74. The molecule has 7 heteroatoms. The highest BCUT2D eigenvalue weighted by molar-refractivity contribution is 8.70. The fraction of sp³-hybridized carbons (Fsp3) is 0.750. The van der Waals surface area contributed by atoms with Gasteiger partial charge in [0.1, 0.15) is 28.0 Å². The van der Waals surface area contributed by atoms with Gasteiger partial charge in [-0.05, 0) is 10.8 Å². The van der Waals surface area contributed by atoms with Gasteiger partial charge < -0.3 is 4.55 Å². The second-order valence-corrected chi connectivity index (χ2v) is 5.28. The third kappa shape index (κ3) is 3.59. The summed E-state index contributed by atoms with van der Waals surface area (Å²) >= 11 is 0. The molecule has 0 spiro atoms. The molecular weight excluding hydrogens is 188 g/mol. The molecule has 0 radical (unpaired) electrons. The largest absolute Gasteiger partial charge is 0.739 e. The Balaban J connectivity index is 2.33. The Labute approximate surface area is 68.4 Å². The molecule has 0 saturated carbocycles. The van der Waals surface area contributed by atoms with E-state index in [1.807, 2.05) is 0 Å². The maximum atomic E-state index is 10.1. The Bertz CT molecular complexity index is 259. The molecule has 0 aromatic rings. The minimum Gasteiger partial charge on any atom is -0.739 e. The third-order valence-electron chi connectivity index (χ3n) is 1.15. The van der Waals surface area contributed by atoms with E-state index in [4.69, 9.17) is 0 Å². The van der Waals surface area contributed by atoms with Gasteiger partial charge in [-0.1, -0.05) is 0 Å². The maximum absolute atomic E-state index is 10.1. The zero-order valence-corrected chi connectivity index (χ0v) is 7.30. The van der Waals surface area contributed by atoms with Crippen LogP contribution in [-0.2, 0) is 9.15 Å². The van der Waals surface area contributed by atoms with Crippen molar-refractivity contribution in [3.63, 3.8) is 0 Å². The van der Waals surface area contributed by atoms with E-state index in [0.29, 0.717) is 10.8 Å². The third-order valence-corrected chi connectivity index (χ3v) is 3.06. The lowest BCUT2D eigenvalue weighted by Gasteiger charge is -2.02. The highest BCUT2D eigenvalue weighted by atomic mass is 33.1. The molecule has 0 aromatic carbocycles. The first-order chi connectivity index (χ1) is 5.08. The predicted molar refractivity (Wildman–Crippen MR) is 41.0 cm³/mol. The molecular formula is C4H8N2O3S2. The summed E-state index contributed by atoms with van der Waals surface area (Å²) < 4.78 is 30.4. The lowest BCUT2D eigenvalue weighted by molar-refractivity contribution is -0.444. The van der Waals surface area contributed by atoms with E-state index < -0.39 is 9.15 Å². The van der Waals surface area contributed by atoms with E-state index in [1.54, 1.807) is 0 Å². The standard InChI is InChI=1S/C4H8N2O3S2/c7-11(8,9)10-3-4-5-1-2-6-4/h1-3H2,(H,5,6)(H,7,8,9). The van der Waals surface area contributed by atoms with Crippen molar-refractivity contribution in [1.82, 2.24) is 5.32 Å². The van der Waals surface area contributed by atoms with E-state index in [2.05, 4.69) is 10.3 Å². The fourth-order valence-electron chi connectivity index (χ4n) is 0.722. The first-order valence-electron chi connectivity index (χ1n) is 3.02. The van der Waals surface area contributed by atoms with Crippen molar-refractivity contribution in [1.29, 1.82) is 0 Å². The van der Waals surface area contributed by atoms with Crippen LogP contribution in [-0.4, -0.2) is 37.6 Å². The lowest BCUT2D eigenvalue weighted by atomic mass is 10.7. The molecule has 64 valence electrons. The summed E-state index contributed by atoms with van der Waals surface area (Å²) in [4.78, 5) is 2.91. The molecule has 5 nitrogen and oxygen atoms in total. The molecule has 11 heavy (non-hydrogen) atoms. The van der Waals surface area contributed by atoms with E-state index >= 15 is 0 Å². The average molecular weight is 196 g/mol. The van der Waals surface area contributed by atoms with Gasteiger partial charge in [-0.25, -0.2) is 8.42 Å². The molecule has 0 saturated heterocycles. The fourth-order valence-corrected chi connectivity index (χ4v) is 1.98. The second kappa shape index (κ2) is 3.42. The summed E-state index contributed by atoms with van der Waals surface area (Å²) in [5.41, 5.74) is 0. The number of amidine groups is 1. The zero-order valence-electron chi connectivity index (χ0n) is 5.66. The highest BCUT2D eigenvalue weighted by Crippen LogP contribution is 2.06. The summed E-state index contributed by atoms with van der Waals surface area (Å²) in [5.74, 6) is 0.903. The van der Waals surface area contributed by atoms with Crippen LogP contribution in [0.4, 0.5) is 0 Å². The van der Waals surface area contributed by atoms with Crippen LogP contribution in [0.25, 0.3) is 0 Å². The summed E-state index contributed by atoms with van der Waals surface area (Å²) in [7, 11) is -3.76. The van der Waals surface area contributed by atoms with Gasteiger partial charge >= 0.3 is 0 Å². The molecule has 1 aliphatic rings. The van der Waals surface area contributed by atoms with Crippen molar-refractivity contribution in [2.75, 3.05) is 18.8 Å². The van der Waals surface area contributed by atoms with Crippen molar-refractivity contribution in [3.8, 4) is 0 Å². The van der Waals surface area contributed by atoms with Crippen LogP contribution >= 0.6 is 10.8 Å². The molecule has 0 aliphatic carbocycles. The molecule has 0 amide bonds. The maximum Gasteiger partial charge on any atom is 0.253 e. The van der Waals surface area contributed by atoms with Gasteiger partial charge in [-0.15, -0.1) is 0 Å². The molecule has 0 bridgehead atoms. The molecule has 2 N–H and O–H groups in total. The van der Waals surface area contributed by atoms with Crippen LogP contribution in [0.1, 0.15) is 0 Å². The van der Waals surface area contributed by atoms with Gasteiger partial charge in [-0.2, -0.15) is 0 Å². The minimum absolute atomic E-state index is 0.186. The minimum atomic E-state index is -4.15. The molecule has 0 atom stereocenters. The molecule has 0 unspecified atom stereocenters. The van der Waals surface area contributed by atoms with Crippen LogP contribution in [0.15, 0.2) is 0 Å². The van der Waals surface area contributed by atoms with E-state index in [0.717, 1.165) is 18.9 Å². The van der Waals surface area contributed by atoms with Crippen molar-refractivity contribution in [3.05, 3.63) is 0 Å². The van der Waals surface area contributed by atoms with Crippen molar-refractivity contribution in [2.24, 2.45) is 0 Å². The van der Waals surface area contributed by atoms with E-state index in [9.17, 15) is 13.0 Å². The normalized spacial score (nSPS) is 17.7. The monoisotopic (exact) mass is 196 g/mol. The van der Waals surface area contributed by atoms with Crippen LogP contribution in [0.3, 0.4) is 0 Å². The van der Waals surface area contributed by atoms with Gasteiger partial charge in [0, 0.05) is 0 Å². The number of rotatable bonds is 3. The summed E-state index contributed by atoms with van der Waals surface area (Å²) in [6.45, 7) is 1.57. The molecule has 1 aliphatic heterocycles. The van der Waals surface area contributed by atoms with Crippen LogP contribution in [0.5, 0.6) is 0 Å². The lowest BCUT2D eigenvalue weighted by Crippen LogP contribution is -2.71. The summed E-state index contributed by atoms with van der Waals surface area (Å²) in [6.07, 6.45) is 0. The number of nitrogens with one attached hydrogen (secondary N) is 2. The number of hydrogen-bond donors (Lipinski definition) is 2. The molecule has 0 aromatic heterocycles. The van der Waals surface area contributed by atoms with Gasteiger partial charge in [-0.3, -0.25) is 10.3 Å². The van der Waals surface area contributed by atoms with E-state index in [1.165, 1.54) is 0 Å². The Hall–Kier alpha value is -0.270. The summed E-state index contributed by atoms with van der Waals surface area (Å²) in [5, 5.41) is 2.91. The molecule has 1 rings (SSSR count). The molecule has 1 heterocycles. The Morgan fingerprint density at radius 1 is 1.73 bits per heavy atom. The average Bonchev–Trinajstić information content (AvgIpc) is 2.32. The Morgan fingerprint density at radius 3 is 2.91 bits per heavy atom. The van der Waals surface area contributed by atoms with E-state index in [-0.39, 0.29) is 5.75 Å². The van der Waals surface area contributed by atoms with Crippen LogP contribution in [0, 0.1) is 0 Å². The van der Waals surface area contributed by atoms with Gasteiger partial charge in [0.25, 0.3) is 5.84 Å². The van der Waals surface area contributed by atoms with Crippen LogP contribution < -0.4 is 10.3 Å². The SMILES string of the molecule is O=S(=O)([O-])SCC1=[NH+]CCN1. The zero-order chi connectivity index (χ0) is 8.32. The molecule has 0 fully saturated rings. The Kier molecular flexibility index (Phi) is 2.74. The van der Waals surface area contributed by atoms with Gasteiger partial charge in [0.05, 0.1) is 0 Å². The van der Waals surface area contributed by atoms with Crippen molar-refractivity contribution in [2.45, 2.75) is 0 Å². The summed E-state index contributed by atoms with van der Waals surface area (Å²) in [6, 6.07) is 0. The quantitative estimate of drug-likeness (QED) is 0.378. The smallest absolute Gasteiger partial charge is 0.253 e. The highest BCUT2D eigenvalue weighted by Gasteiger charge is 2.13. The van der Waals surface area contributed by atoms with Crippen LogP contribution in [0.2, 0.25) is 0 Å². The first kappa shape index (κ1) is 8.82. The Morgan fingerprint density at radius 2 is 2.45 bits per heavy atom.